The normalized spacial score (nSPS) is 11.2. The van der Waals surface area contributed by atoms with Crippen molar-refractivity contribution in [2.45, 2.75) is 59.5 Å². The van der Waals surface area contributed by atoms with Crippen LogP contribution in [0.5, 0.6) is 11.5 Å². The molecule has 0 fully saturated rings. The number of methoxy groups -OCH3 is 2. The van der Waals surface area contributed by atoms with Gasteiger partial charge in [-0.05, 0) is 37.1 Å². The predicted octanol–water partition coefficient (Wildman–Crippen LogP) is 5.00. The van der Waals surface area contributed by atoms with Crippen LogP contribution in [0, 0.1) is 13.8 Å². The summed E-state index contributed by atoms with van der Waals surface area (Å²) >= 11 is 0. The average Bonchev–Trinajstić information content (AvgIpc) is 2.83. The van der Waals surface area contributed by atoms with E-state index in [2.05, 4.69) is 45.0 Å². The lowest BCUT2D eigenvalue weighted by Gasteiger charge is -2.28. The van der Waals surface area contributed by atoms with Crippen molar-refractivity contribution >= 4 is 0 Å². The number of benzene rings is 3. The van der Waals surface area contributed by atoms with E-state index in [9.17, 15) is 10.2 Å². The zero-order valence-corrected chi connectivity index (χ0v) is 21.6. The van der Waals surface area contributed by atoms with Gasteiger partial charge in [-0.1, -0.05) is 61.4 Å². The summed E-state index contributed by atoms with van der Waals surface area (Å²) in [4.78, 5) is 0. The third-order valence-electron chi connectivity index (χ3n) is 6.12. The SMILES string of the molecule is COCc1cc(C(C)(C)c2ccc(C)cc2)cc(COC)c1O.Cc1cc(CO)c(O)c(CO)c1. The molecule has 0 heterocycles. The Morgan fingerprint density at radius 3 is 1.46 bits per heavy atom. The van der Waals surface area contributed by atoms with E-state index in [1.807, 2.05) is 19.1 Å². The number of rotatable bonds is 8. The number of phenols is 2. The molecule has 3 rings (SSSR count). The molecule has 0 amide bonds. The van der Waals surface area contributed by atoms with Gasteiger partial charge in [0.25, 0.3) is 0 Å². The highest BCUT2D eigenvalue weighted by Gasteiger charge is 2.25. The molecule has 0 saturated heterocycles. The van der Waals surface area contributed by atoms with Crippen LogP contribution in [0.3, 0.4) is 0 Å². The van der Waals surface area contributed by atoms with Crippen molar-refractivity contribution in [2.24, 2.45) is 0 Å². The van der Waals surface area contributed by atoms with Crippen LogP contribution in [0.2, 0.25) is 0 Å². The zero-order valence-electron chi connectivity index (χ0n) is 21.6. The first-order valence-corrected chi connectivity index (χ1v) is 11.5. The summed E-state index contributed by atoms with van der Waals surface area (Å²) < 4.78 is 10.5. The summed E-state index contributed by atoms with van der Waals surface area (Å²) in [7, 11) is 3.26. The van der Waals surface area contributed by atoms with Gasteiger partial charge in [-0.3, -0.25) is 0 Å². The second-order valence-electron chi connectivity index (χ2n) is 9.25. The minimum atomic E-state index is -0.208. The molecule has 0 aromatic heterocycles. The Bertz CT molecular complexity index is 1050. The molecule has 3 aromatic rings. The van der Waals surface area contributed by atoms with E-state index >= 15 is 0 Å². The molecule has 0 bridgehead atoms. The molecule has 6 nitrogen and oxygen atoms in total. The molecule has 3 aromatic carbocycles. The van der Waals surface area contributed by atoms with Crippen LogP contribution in [0.25, 0.3) is 0 Å². The lowest BCUT2D eigenvalue weighted by atomic mass is 9.77. The smallest absolute Gasteiger partial charge is 0.126 e. The summed E-state index contributed by atoms with van der Waals surface area (Å²) in [6, 6.07) is 16.0. The maximum atomic E-state index is 10.4. The molecule has 0 aliphatic carbocycles. The van der Waals surface area contributed by atoms with Crippen molar-refractivity contribution in [1.29, 1.82) is 0 Å². The Morgan fingerprint density at radius 2 is 1.06 bits per heavy atom. The van der Waals surface area contributed by atoms with E-state index in [-0.39, 0.29) is 30.1 Å². The molecular weight excluding hydrogens is 444 g/mol. The van der Waals surface area contributed by atoms with Gasteiger partial charge in [0.2, 0.25) is 0 Å². The first kappa shape index (κ1) is 28.3. The molecular formula is C29H38O6. The standard InChI is InChI=1S/C20H26O3.C9H12O3/c1-14-6-8-17(9-7-14)20(2,3)18-10-15(12-22-4)19(21)16(11-18)13-23-5;1-6-2-7(4-10)9(12)8(3-6)5-11/h6-11,21H,12-13H2,1-5H3;2-3,10-12H,4-5H2,1H3. The third-order valence-corrected chi connectivity index (χ3v) is 6.12. The van der Waals surface area contributed by atoms with Crippen molar-refractivity contribution in [1.82, 2.24) is 0 Å². The van der Waals surface area contributed by atoms with Gasteiger partial charge in [-0.25, -0.2) is 0 Å². The largest absolute Gasteiger partial charge is 0.507 e. The Hall–Kier alpha value is -2.90. The number of phenolic OH excluding ortho intramolecular Hbond substituents is 1. The van der Waals surface area contributed by atoms with Crippen molar-refractivity contribution in [3.05, 3.63) is 93.0 Å². The van der Waals surface area contributed by atoms with Gasteiger partial charge in [-0.2, -0.15) is 0 Å². The molecule has 0 atom stereocenters. The quantitative estimate of drug-likeness (QED) is 0.360. The first-order valence-electron chi connectivity index (χ1n) is 11.5. The average molecular weight is 483 g/mol. The van der Waals surface area contributed by atoms with Crippen LogP contribution in [0.15, 0.2) is 48.5 Å². The molecule has 35 heavy (non-hydrogen) atoms. The van der Waals surface area contributed by atoms with E-state index < -0.39 is 0 Å². The van der Waals surface area contributed by atoms with Crippen molar-refractivity contribution in [3.8, 4) is 11.5 Å². The number of aliphatic hydroxyl groups excluding tert-OH is 2. The number of aromatic hydroxyl groups is 2. The molecule has 0 aliphatic heterocycles. The second kappa shape index (κ2) is 12.7. The fourth-order valence-corrected chi connectivity index (χ4v) is 3.96. The molecule has 0 unspecified atom stereocenters. The number of aryl methyl sites for hydroxylation is 2. The summed E-state index contributed by atoms with van der Waals surface area (Å²) in [6.45, 7) is 8.65. The predicted molar refractivity (Wildman–Crippen MR) is 138 cm³/mol. The number of hydrogen-bond acceptors (Lipinski definition) is 6. The maximum Gasteiger partial charge on any atom is 0.126 e. The van der Waals surface area contributed by atoms with Gasteiger partial charge in [0.05, 0.1) is 26.4 Å². The van der Waals surface area contributed by atoms with Crippen molar-refractivity contribution in [2.75, 3.05) is 14.2 Å². The Labute approximate surface area is 208 Å². The number of aliphatic hydroxyl groups is 2. The Morgan fingerprint density at radius 1 is 0.629 bits per heavy atom. The minimum absolute atomic E-state index is 0.00870. The van der Waals surface area contributed by atoms with Gasteiger partial charge >= 0.3 is 0 Å². The molecule has 0 saturated carbocycles. The fourth-order valence-electron chi connectivity index (χ4n) is 3.96. The highest BCUT2D eigenvalue weighted by Crippen LogP contribution is 2.36. The molecule has 4 N–H and O–H groups in total. The maximum absolute atomic E-state index is 10.4. The zero-order chi connectivity index (χ0) is 26.2. The van der Waals surface area contributed by atoms with Gasteiger partial charge < -0.3 is 29.9 Å². The summed E-state index contributed by atoms with van der Waals surface area (Å²) in [5.74, 6) is 0.253. The minimum Gasteiger partial charge on any atom is -0.507 e. The van der Waals surface area contributed by atoms with Crippen LogP contribution in [0.1, 0.15) is 58.4 Å². The van der Waals surface area contributed by atoms with E-state index in [1.165, 1.54) is 11.1 Å². The van der Waals surface area contributed by atoms with Crippen molar-refractivity contribution in [3.63, 3.8) is 0 Å². The van der Waals surface area contributed by atoms with Crippen LogP contribution in [-0.4, -0.2) is 34.6 Å². The lowest BCUT2D eigenvalue weighted by molar-refractivity contribution is 0.174. The van der Waals surface area contributed by atoms with Crippen LogP contribution in [-0.2, 0) is 41.3 Å². The third kappa shape index (κ3) is 7.05. The van der Waals surface area contributed by atoms with E-state index in [0.717, 1.165) is 22.3 Å². The van der Waals surface area contributed by atoms with Gasteiger partial charge in [0.15, 0.2) is 0 Å². The first-order chi connectivity index (χ1) is 16.6. The summed E-state index contributed by atoms with van der Waals surface area (Å²) in [5, 5.41) is 37.4. The summed E-state index contributed by atoms with van der Waals surface area (Å²) in [6.07, 6.45) is 0. The summed E-state index contributed by atoms with van der Waals surface area (Å²) in [5.41, 5.74) is 6.86. The van der Waals surface area contributed by atoms with Gasteiger partial charge in [-0.15, -0.1) is 0 Å². The topological polar surface area (TPSA) is 99.4 Å². The van der Waals surface area contributed by atoms with Crippen molar-refractivity contribution < 1.29 is 29.9 Å². The molecule has 0 radical (unpaired) electrons. The Balaban J connectivity index is 0.000000303. The van der Waals surface area contributed by atoms with E-state index in [1.54, 1.807) is 26.4 Å². The number of hydrogen-bond donors (Lipinski definition) is 4. The highest BCUT2D eigenvalue weighted by atomic mass is 16.5. The van der Waals surface area contributed by atoms with Gasteiger partial charge in [0.1, 0.15) is 11.5 Å². The van der Waals surface area contributed by atoms with E-state index in [4.69, 9.17) is 19.7 Å². The highest BCUT2D eigenvalue weighted by molar-refractivity contribution is 5.49. The monoisotopic (exact) mass is 482 g/mol. The number of ether oxygens (including phenoxy) is 2. The molecule has 190 valence electrons. The van der Waals surface area contributed by atoms with Crippen LogP contribution < -0.4 is 0 Å². The van der Waals surface area contributed by atoms with Gasteiger partial charge in [0, 0.05) is 41.9 Å². The second-order valence-corrected chi connectivity index (χ2v) is 9.25. The lowest BCUT2D eigenvalue weighted by Crippen LogP contribution is -2.20. The molecule has 0 aliphatic rings. The van der Waals surface area contributed by atoms with E-state index in [0.29, 0.717) is 24.3 Å². The molecule has 0 spiro atoms. The fraction of sp³-hybridized carbons (Fsp3) is 0.379. The van der Waals surface area contributed by atoms with Crippen LogP contribution in [0.4, 0.5) is 0 Å². The molecule has 6 heteroatoms. The Kier molecular flexibility index (Phi) is 10.3. The van der Waals surface area contributed by atoms with Crippen LogP contribution >= 0.6 is 0 Å².